The lowest BCUT2D eigenvalue weighted by atomic mass is 10.1. The summed E-state index contributed by atoms with van der Waals surface area (Å²) in [6.45, 7) is 7.28. The molecule has 0 spiro atoms. The molecule has 1 aromatic heterocycles. The maximum Gasteiger partial charge on any atom is 0.414 e. The number of carbonyl (C=O) groups excluding carboxylic acids is 3. The molecule has 0 saturated carbocycles. The van der Waals surface area contributed by atoms with Gasteiger partial charge < -0.3 is 10.1 Å². The maximum absolute atomic E-state index is 12.5. The average molecular weight is 360 g/mol. The van der Waals surface area contributed by atoms with Crippen LogP contribution in [-0.2, 0) is 4.74 Å². The number of ether oxygens (including phenoxy) is 1. The zero-order chi connectivity index (χ0) is 18.6. The summed E-state index contributed by atoms with van der Waals surface area (Å²) in [7, 11) is 0. The van der Waals surface area contributed by atoms with Crippen molar-refractivity contribution in [2.75, 3.05) is 11.9 Å². The Morgan fingerprint density at radius 1 is 1.08 bits per heavy atom. The van der Waals surface area contributed by atoms with Crippen molar-refractivity contribution in [2.45, 2.75) is 27.7 Å². The molecule has 3 amide bonds. The Balaban J connectivity index is 2.29. The number of imide groups is 1. The minimum atomic E-state index is -0.813. The minimum absolute atomic E-state index is 0.164. The molecular weight excluding hydrogens is 340 g/mol. The third kappa shape index (κ3) is 4.24. The highest BCUT2D eigenvalue weighted by molar-refractivity contribution is 7.16. The first kappa shape index (κ1) is 18.7. The Morgan fingerprint density at radius 2 is 1.76 bits per heavy atom. The fourth-order valence-electron chi connectivity index (χ4n) is 2.31. The lowest BCUT2D eigenvalue weighted by Crippen LogP contribution is -2.32. The second kappa shape index (κ2) is 7.94. The molecule has 0 saturated heterocycles. The topological polar surface area (TPSA) is 84.5 Å². The lowest BCUT2D eigenvalue weighted by Gasteiger charge is -2.09. The number of nitrogens with one attached hydrogen (secondary N) is 2. The van der Waals surface area contributed by atoms with E-state index < -0.39 is 12.0 Å². The number of aryl methyl sites for hydroxylation is 2. The summed E-state index contributed by atoms with van der Waals surface area (Å²) in [5, 5.41) is 5.36. The number of thiophene rings is 1. The predicted molar refractivity (Wildman–Crippen MR) is 97.4 cm³/mol. The summed E-state index contributed by atoms with van der Waals surface area (Å²) >= 11 is 1.29. The Labute approximate surface area is 150 Å². The van der Waals surface area contributed by atoms with E-state index in [2.05, 4.69) is 10.6 Å². The predicted octanol–water partition coefficient (Wildman–Crippen LogP) is 3.81. The number of anilines is 1. The summed E-state index contributed by atoms with van der Waals surface area (Å²) in [4.78, 5) is 37.3. The zero-order valence-corrected chi connectivity index (χ0v) is 15.4. The van der Waals surface area contributed by atoms with Gasteiger partial charge in [-0.3, -0.25) is 14.9 Å². The van der Waals surface area contributed by atoms with E-state index in [-0.39, 0.29) is 18.1 Å². The molecule has 25 heavy (non-hydrogen) atoms. The molecule has 6 nitrogen and oxygen atoms in total. The lowest BCUT2D eigenvalue weighted by molar-refractivity contribution is 0.0925. The van der Waals surface area contributed by atoms with E-state index in [1.165, 1.54) is 11.3 Å². The summed E-state index contributed by atoms with van der Waals surface area (Å²) in [5.41, 5.74) is 2.36. The average Bonchev–Trinajstić information content (AvgIpc) is 2.82. The standard InChI is InChI=1S/C18H20N2O4S/c1-5-24-18(23)20-16(22)14-11(3)12(4)25-17(14)19-15(21)13-9-7-6-8-10(13)2/h6-9H,5H2,1-4H3,(H,19,21)(H,20,22,23). The van der Waals surface area contributed by atoms with E-state index in [1.54, 1.807) is 26.0 Å². The van der Waals surface area contributed by atoms with Crippen LogP contribution in [0, 0.1) is 20.8 Å². The first-order chi connectivity index (χ1) is 11.8. The van der Waals surface area contributed by atoms with Crippen LogP contribution in [0.15, 0.2) is 24.3 Å². The number of hydrogen-bond acceptors (Lipinski definition) is 5. The smallest absolute Gasteiger partial charge is 0.414 e. The quantitative estimate of drug-likeness (QED) is 0.868. The number of amides is 3. The van der Waals surface area contributed by atoms with Gasteiger partial charge in [0.25, 0.3) is 11.8 Å². The summed E-state index contributed by atoms with van der Waals surface area (Å²) in [6.07, 6.45) is -0.813. The molecule has 0 radical (unpaired) electrons. The summed E-state index contributed by atoms with van der Waals surface area (Å²) in [6, 6.07) is 7.19. The molecule has 2 aromatic rings. The Kier molecular flexibility index (Phi) is 5.93. The highest BCUT2D eigenvalue weighted by Gasteiger charge is 2.23. The van der Waals surface area contributed by atoms with Crippen molar-refractivity contribution in [1.29, 1.82) is 0 Å². The van der Waals surface area contributed by atoms with Crippen LogP contribution >= 0.6 is 11.3 Å². The van der Waals surface area contributed by atoms with Gasteiger partial charge in [-0.25, -0.2) is 4.79 Å². The first-order valence-electron chi connectivity index (χ1n) is 7.80. The highest BCUT2D eigenvalue weighted by Crippen LogP contribution is 2.32. The molecule has 0 aliphatic rings. The monoisotopic (exact) mass is 360 g/mol. The molecule has 0 fully saturated rings. The van der Waals surface area contributed by atoms with Gasteiger partial charge in [0.2, 0.25) is 0 Å². The molecule has 132 valence electrons. The van der Waals surface area contributed by atoms with Crippen molar-refractivity contribution in [2.24, 2.45) is 0 Å². The molecule has 0 aliphatic carbocycles. The van der Waals surface area contributed by atoms with E-state index in [0.29, 0.717) is 16.1 Å². The van der Waals surface area contributed by atoms with Crippen LogP contribution in [-0.4, -0.2) is 24.5 Å². The number of carbonyl (C=O) groups is 3. The second-order valence-corrected chi connectivity index (χ2v) is 6.66. The number of hydrogen-bond donors (Lipinski definition) is 2. The molecule has 1 aromatic carbocycles. The van der Waals surface area contributed by atoms with Gasteiger partial charge in [-0.1, -0.05) is 18.2 Å². The molecule has 1 heterocycles. The van der Waals surface area contributed by atoms with Crippen molar-refractivity contribution in [3.63, 3.8) is 0 Å². The highest BCUT2D eigenvalue weighted by atomic mass is 32.1. The van der Waals surface area contributed by atoms with Crippen molar-refractivity contribution in [3.05, 3.63) is 51.4 Å². The SMILES string of the molecule is CCOC(=O)NC(=O)c1c(NC(=O)c2ccccc2C)sc(C)c1C. The zero-order valence-electron chi connectivity index (χ0n) is 14.6. The van der Waals surface area contributed by atoms with Gasteiger partial charge in [0.15, 0.2) is 0 Å². The maximum atomic E-state index is 12.5. The molecular formula is C18H20N2O4S. The van der Waals surface area contributed by atoms with E-state index in [9.17, 15) is 14.4 Å². The van der Waals surface area contributed by atoms with E-state index >= 15 is 0 Å². The third-order valence-corrected chi connectivity index (χ3v) is 4.84. The molecule has 0 aliphatic heterocycles. The van der Waals surface area contributed by atoms with Gasteiger partial charge in [0.1, 0.15) is 5.00 Å². The molecule has 0 bridgehead atoms. The van der Waals surface area contributed by atoms with Crippen molar-refractivity contribution in [1.82, 2.24) is 5.32 Å². The van der Waals surface area contributed by atoms with Crippen molar-refractivity contribution < 1.29 is 19.1 Å². The summed E-state index contributed by atoms with van der Waals surface area (Å²) in [5.74, 6) is -0.898. The molecule has 0 unspecified atom stereocenters. The van der Waals surface area contributed by atoms with Crippen LogP contribution in [0.4, 0.5) is 9.80 Å². The van der Waals surface area contributed by atoms with Crippen LogP contribution < -0.4 is 10.6 Å². The van der Waals surface area contributed by atoms with Gasteiger partial charge in [0.05, 0.1) is 12.2 Å². The van der Waals surface area contributed by atoms with Gasteiger partial charge in [-0.2, -0.15) is 0 Å². The van der Waals surface area contributed by atoms with E-state index in [0.717, 1.165) is 10.4 Å². The Morgan fingerprint density at radius 3 is 2.40 bits per heavy atom. The molecule has 2 rings (SSSR count). The van der Waals surface area contributed by atoms with Crippen LogP contribution in [0.2, 0.25) is 0 Å². The van der Waals surface area contributed by atoms with Crippen LogP contribution in [0.1, 0.15) is 43.6 Å². The fraction of sp³-hybridized carbons (Fsp3) is 0.278. The van der Waals surface area contributed by atoms with Crippen LogP contribution in [0.5, 0.6) is 0 Å². The van der Waals surface area contributed by atoms with Gasteiger partial charge in [-0.05, 0) is 44.9 Å². The van der Waals surface area contributed by atoms with Gasteiger partial charge >= 0.3 is 6.09 Å². The second-order valence-electron chi connectivity index (χ2n) is 5.43. The van der Waals surface area contributed by atoms with Crippen molar-refractivity contribution in [3.8, 4) is 0 Å². The third-order valence-electron chi connectivity index (χ3n) is 3.72. The summed E-state index contributed by atoms with van der Waals surface area (Å²) < 4.78 is 4.73. The van der Waals surface area contributed by atoms with E-state index in [1.807, 2.05) is 26.0 Å². The Bertz CT molecular complexity index is 826. The normalized spacial score (nSPS) is 10.2. The minimum Gasteiger partial charge on any atom is -0.450 e. The van der Waals surface area contributed by atoms with Crippen LogP contribution in [0.25, 0.3) is 0 Å². The van der Waals surface area contributed by atoms with E-state index in [4.69, 9.17) is 4.74 Å². The molecule has 0 atom stereocenters. The molecule has 2 N–H and O–H groups in total. The largest absolute Gasteiger partial charge is 0.450 e. The first-order valence-corrected chi connectivity index (χ1v) is 8.61. The van der Waals surface area contributed by atoms with Gasteiger partial charge in [0, 0.05) is 10.4 Å². The van der Waals surface area contributed by atoms with Crippen molar-refractivity contribution >= 4 is 34.2 Å². The fourth-order valence-corrected chi connectivity index (χ4v) is 3.36. The number of benzene rings is 1. The Hall–Kier alpha value is -2.67. The molecule has 7 heteroatoms. The number of alkyl carbamates (subject to hydrolysis) is 1. The van der Waals surface area contributed by atoms with Crippen LogP contribution in [0.3, 0.4) is 0 Å². The van der Waals surface area contributed by atoms with Gasteiger partial charge in [-0.15, -0.1) is 11.3 Å². The number of rotatable bonds is 4.